The number of aromatic nitrogens is 2. The van der Waals surface area contributed by atoms with Gasteiger partial charge in [0.1, 0.15) is 12.1 Å². The van der Waals surface area contributed by atoms with Crippen LogP contribution in [0.3, 0.4) is 0 Å². The molecule has 2 aromatic rings. The molecule has 1 fully saturated rings. The van der Waals surface area contributed by atoms with E-state index in [4.69, 9.17) is 4.74 Å². The number of carbonyl (C=O) groups excluding carboxylic acids is 1. The molecule has 22 heavy (non-hydrogen) atoms. The summed E-state index contributed by atoms with van der Waals surface area (Å²) in [7, 11) is 3.65. The summed E-state index contributed by atoms with van der Waals surface area (Å²) in [6.07, 6.45) is 3.57. The first kappa shape index (κ1) is 15.2. The number of nitrogens with zero attached hydrogens (tertiary/aromatic N) is 3. The third-order valence-electron chi connectivity index (χ3n) is 3.89. The maximum absolute atomic E-state index is 12.8. The summed E-state index contributed by atoms with van der Waals surface area (Å²) >= 11 is 1.65. The van der Waals surface area contributed by atoms with Gasteiger partial charge in [-0.2, -0.15) is 16.4 Å². The van der Waals surface area contributed by atoms with E-state index in [9.17, 15) is 4.79 Å². The van der Waals surface area contributed by atoms with E-state index in [0.717, 1.165) is 11.1 Å². The molecule has 0 saturated carbocycles. The lowest BCUT2D eigenvalue weighted by atomic mass is 10.1. The van der Waals surface area contributed by atoms with E-state index < -0.39 is 0 Å². The van der Waals surface area contributed by atoms with Crippen LogP contribution in [0.2, 0.25) is 0 Å². The Kier molecular flexibility index (Phi) is 4.56. The van der Waals surface area contributed by atoms with Gasteiger partial charge < -0.3 is 15.0 Å². The molecule has 1 aliphatic heterocycles. The molecule has 1 saturated heterocycles. The molecule has 0 aromatic carbocycles. The molecular formula is C15H20N4O2S. The minimum atomic E-state index is -0.366. The van der Waals surface area contributed by atoms with E-state index in [1.165, 1.54) is 0 Å². The Morgan fingerprint density at radius 3 is 3.09 bits per heavy atom. The van der Waals surface area contributed by atoms with E-state index in [1.54, 1.807) is 29.3 Å². The Morgan fingerprint density at radius 1 is 1.59 bits per heavy atom. The first-order valence-electron chi connectivity index (χ1n) is 7.27. The quantitative estimate of drug-likeness (QED) is 0.924. The Labute approximate surface area is 133 Å². The number of thiophene rings is 1. The second-order valence-corrected chi connectivity index (χ2v) is 6.15. The standard InChI is InChI=1S/C15H20N4O2S/c1-16-14(12-7-17-18(2)8-12)15(20)19-4-5-21-13(9-19)11-3-6-22-10-11/h3,6-8,10,13-14,16H,4-5,9H2,1-2H3. The van der Waals surface area contributed by atoms with Gasteiger partial charge in [-0.05, 0) is 29.4 Å². The van der Waals surface area contributed by atoms with Crippen molar-refractivity contribution in [2.45, 2.75) is 12.1 Å². The van der Waals surface area contributed by atoms with Crippen molar-refractivity contribution in [3.63, 3.8) is 0 Å². The molecule has 1 N–H and O–H groups in total. The zero-order valence-electron chi connectivity index (χ0n) is 12.7. The van der Waals surface area contributed by atoms with Crippen LogP contribution in [-0.2, 0) is 16.6 Å². The van der Waals surface area contributed by atoms with Crippen LogP contribution in [0.4, 0.5) is 0 Å². The molecule has 3 rings (SSSR count). The van der Waals surface area contributed by atoms with Crippen LogP contribution in [0.15, 0.2) is 29.2 Å². The summed E-state index contributed by atoms with van der Waals surface area (Å²) in [4.78, 5) is 14.7. The third kappa shape index (κ3) is 3.06. The van der Waals surface area contributed by atoms with E-state index in [2.05, 4.69) is 21.9 Å². The van der Waals surface area contributed by atoms with Gasteiger partial charge in [-0.1, -0.05) is 0 Å². The smallest absolute Gasteiger partial charge is 0.244 e. The van der Waals surface area contributed by atoms with Gasteiger partial charge >= 0.3 is 0 Å². The zero-order chi connectivity index (χ0) is 15.5. The highest BCUT2D eigenvalue weighted by Gasteiger charge is 2.30. The van der Waals surface area contributed by atoms with Crippen LogP contribution < -0.4 is 5.32 Å². The van der Waals surface area contributed by atoms with Crippen molar-refractivity contribution in [2.24, 2.45) is 7.05 Å². The van der Waals surface area contributed by atoms with Crippen molar-refractivity contribution < 1.29 is 9.53 Å². The van der Waals surface area contributed by atoms with Crippen LogP contribution in [0.1, 0.15) is 23.3 Å². The Bertz CT molecular complexity index is 625. The number of carbonyl (C=O) groups is 1. The third-order valence-corrected chi connectivity index (χ3v) is 4.59. The molecule has 0 radical (unpaired) electrons. The summed E-state index contributed by atoms with van der Waals surface area (Å²) in [5.41, 5.74) is 2.03. The van der Waals surface area contributed by atoms with Gasteiger partial charge in [-0.3, -0.25) is 9.48 Å². The Hall–Kier alpha value is -1.70. The summed E-state index contributed by atoms with van der Waals surface area (Å²) < 4.78 is 7.51. The number of hydrogen-bond acceptors (Lipinski definition) is 5. The molecule has 6 nitrogen and oxygen atoms in total. The maximum Gasteiger partial charge on any atom is 0.244 e. The minimum Gasteiger partial charge on any atom is -0.370 e. The van der Waals surface area contributed by atoms with Gasteiger partial charge in [0.05, 0.1) is 19.3 Å². The average molecular weight is 320 g/mol. The van der Waals surface area contributed by atoms with E-state index in [-0.39, 0.29) is 18.1 Å². The molecule has 2 aromatic heterocycles. The van der Waals surface area contributed by atoms with E-state index in [0.29, 0.717) is 19.7 Å². The van der Waals surface area contributed by atoms with E-state index >= 15 is 0 Å². The normalized spacial score (nSPS) is 20.1. The van der Waals surface area contributed by atoms with Crippen LogP contribution in [0.25, 0.3) is 0 Å². The lowest BCUT2D eigenvalue weighted by molar-refractivity contribution is -0.141. The number of amides is 1. The second kappa shape index (κ2) is 6.60. The number of hydrogen-bond donors (Lipinski definition) is 1. The predicted molar refractivity (Wildman–Crippen MR) is 84.6 cm³/mol. The number of likely N-dealkylation sites (N-methyl/N-ethyl adjacent to an activating group) is 1. The van der Waals surface area contributed by atoms with Gasteiger partial charge in [-0.25, -0.2) is 0 Å². The van der Waals surface area contributed by atoms with Gasteiger partial charge in [-0.15, -0.1) is 0 Å². The summed E-state index contributed by atoms with van der Waals surface area (Å²) in [5.74, 6) is 0.0685. The van der Waals surface area contributed by atoms with Crippen molar-refractivity contribution in [3.05, 3.63) is 40.3 Å². The monoisotopic (exact) mass is 320 g/mol. The van der Waals surface area contributed by atoms with Crippen LogP contribution in [0.5, 0.6) is 0 Å². The minimum absolute atomic E-state index is 0.0321. The highest BCUT2D eigenvalue weighted by atomic mass is 32.1. The van der Waals surface area contributed by atoms with Gasteiger partial charge in [0.15, 0.2) is 0 Å². The molecule has 0 spiro atoms. The zero-order valence-corrected chi connectivity index (χ0v) is 13.5. The average Bonchev–Trinajstić information content (AvgIpc) is 3.20. The first-order chi connectivity index (χ1) is 10.7. The number of nitrogens with one attached hydrogen (secondary N) is 1. The molecular weight excluding hydrogens is 300 g/mol. The maximum atomic E-state index is 12.8. The summed E-state index contributed by atoms with van der Waals surface area (Å²) in [6, 6.07) is 1.69. The van der Waals surface area contributed by atoms with Gasteiger partial charge in [0.25, 0.3) is 0 Å². The van der Waals surface area contributed by atoms with Crippen LogP contribution >= 0.6 is 11.3 Å². The van der Waals surface area contributed by atoms with E-state index in [1.807, 2.05) is 23.5 Å². The molecule has 2 unspecified atom stereocenters. The highest BCUT2D eigenvalue weighted by molar-refractivity contribution is 7.07. The Morgan fingerprint density at radius 2 is 2.45 bits per heavy atom. The lowest BCUT2D eigenvalue weighted by Crippen LogP contribution is -2.46. The van der Waals surface area contributed by atoms with Crippen LogP contribution in [-0.4, -0.2) is 47.3 Å². The highest BCUT2D eigenvalue weighted by Crippen LogP contribution is 2.26. The largest absolute Gasteiger partial charge is 0.370 e. The first-order valence-corrected chi connectivity index (χ1v) is 8.21. The Balaban J connectivity index is 1.73. The fraction of sp³-hybridized carbons (Fsp3) is 0.467. The lowest BCUT2D eigenvalue weighted by Gasteiger charge is -2.34. The SMILES string of the molecule is CNC(C(=O)N1CCOC(c2ccsc2)C1)c1cnn(C)c1. The van der Waals surface area contributed by atoms with Crippen molar-refractivity contribution in [3.8, 4) is 0 Å². The molecule has 7 heteroatoms. The molecule has 0 aliphatic carbocycles. The van der Waals surface area contributed by atoms with Crippen molar-refractivity contribution in [1.82, 2.24) is 20.0 Å². The van der Waals surface area contributed by atoms with Crippen molar-refractivity contribution in [2.75, 3.05) is 26.7 Å². The van der Waals surface area contributed by atoms with Crippen molar-refractivity contribution >= 4 is 17.2 Å². The number of rotatable bonds is 4. The van der Waals surface area contributed by atoms with Crippen molar-refractivity contribution in [1.29, 1.82) is 0 Å². The second-order valence-electron chi connectivity index (χ2n) is 5.37. The topological polar surface area (TPSA) is 59.4 Å². The molecule has 1 amide bonds. The summed E-state index contributed by atoms with van der Waals surface area (Å²) in [6.45, 7) is 1.78. The summed E-state index contributed by atoms with van der Waals surface area (Å²) in [5, 5.41) is 11.4. The van der Waals surface area contributed by atoms with Gasteiger partial charge in [0.2, 0.25) is 5.91 Å². The molecule has 118 valence electrons. The fourth-order valence-electron chi connectivity index (χ4n) is 2.71. The molecule has 0 bridgehead atoms. The molecule has 3 heterocycles. The number of aryl methyl sites for hydroxylation is 1. The number of morpholine rings is 1. The van der Waals surface area contributed by atoms with Crippen LogP contribution in [0, 0.1) is 0 Å². The number of ether oxygens (including phenoxy) is 1. The predicted octanol–water partition coefficient (Wildman–Crippen LogP) is 1.34. The molecule has 1 aliphatic rings. The molecule has 2 atom stereocenters. The van der Waals surface area contributed by atoms with Gasteiger partial charge in [0, 0.05) is 25.4 Å². The fourth-order valence-corrected chi connectivity index (χ4v) is 3.42.